The number of fused-ring (bicyclic) bond motifs is 2. The molecule has 0 unspecified atom stereocenters. The maximum absolute atomic E-state index is 13.4. The first-order valence-electron chi connectivity index (χ1n) is 12.5. The first-order valence-corrected chi connectivity index (χ1v) is 13.4. The van der Waals surface area contributed by atoms with Gasteiger partial charge in [0.05, 0.1) is 7.11 Å². The fourth-order valence-electron chi connectivity index (χ4n) is 5.21. The maximum atomic E-state index is 13.4. The van der Waals surface area contributed by atoms with Crippen molar-refractivity contribution in [2.75, 3.05) is 7.11 Å². The van der Waals surface area contributed by atoms with Crippen LogP contribution >= 0.6 is 11.8 Å². The molecule has 7 nitrogen and oxygen atoms in total. The van der Waals surface area contributed by atoms with Crippen LogP contribution in [0.2, 0.25) is 0 Å². The molecule has 0 aromatic heterocycles. The normalized spacial score (nSPS) is 23.4. The fourth-order valence-corrected chi connectivity index (χ4v) is 6.99. The fraction of sp³-hybridized carbons (Fsp3) is 0.233. The highest BCUT2D eigenvalue weighted by molar-refractivity contribution is 8.01. The third-order valence-electron chi connectivity index (χ3n) is 7.30. The summed E-state index contributed by atoms with van der Waals surface area (Å²) < 4.78 is 10.9. The standard InChI is InChI=1S/C30H26N2O5S/c1-36-21-14-12-18(13-15-21)17-37-30(35)25-23-16-22(19-8-4-2-5-9-19)26(23)38-29-24(28(34)32(25)29)31-27(33)20-10-6-3-7-11-20/h2-15,22,24,26,29H,16-17H2,1H3,(H,31,33)/t22-,24-,26+,29-/m1/s1. The molecular weight excluding hydrogens is 500 g/mol. The van der Waals surface area contributed by atoms with Gasteiger partial charge in [-0.05, 0) is 47.4 Å². The molecule has 4 atom stereocenters. The van der Waals surface area contributed by atoms with E-state index in [1.54, 1.807) is 43.1 Å². The number of nitrogens with one attached hydrogen (secondary N) is 1. The van der Waals surface area contributed by atoms with Gasteiger partial charge in [0.25, 0.3) is 11.8 Å². The summed E-state index contributed by atoms with van der Waals surface area (Å²) >= 11 is 1.63. The van der Waals surface area contributed by atoms with E-state index in [0.29, 0.717) is 17.7 Å². The molecule has 3 aromatic rings. The number of hydrogen-bond donors (Lipinski definition) is 1. The monoisotopic (exact) mass is 526 g/mol. The van der Waals surface area contributed by atoms with Crippen LogP contribution in [0.25, 0.3) is 0 Å². The molecule has 2 aliphatic heterocycles. The predicted molar refractivity (Wildman–Crippen MR) is 143 cm³/mol. The van der Waals surface area contributed by atoms with Crippen LogP contribution in [-0.2, 0) is 20.9 Å². The molecule has 6 rings (SSSR count). The van der Waals surface area contributed by atoms with E-state index in [4.69, 9.17) is 9.47 Å². The van der Waals surface area contributed by atoms with Crippen molar-refractivity contribution >= 4 is 29.5 Å². The van der Waals surface area contributed by atoms with E-state index in [1.165, 1.54) is 10.5 Å². The Morgan fingerprint density at radius 1 is 0.974 bits per heavy atom. The van der Waals surface area contributed by atoms with Crippen LogP contribution < -0.4 is 10.1 Å². The maximum Gasteiger partial charge on any atom is 0.355 e. The van der Waals surface area contributed by atoms with Gasteiger partial charge in [-0.3, -0.25) is 14.5 Å². The molecule has 192 valence electrons. The Kier molecular flexibility index (Phi) is 6.41. The number of hydrogen-bond acceptors (Lipinski definition) is 6. The van der Waals surface area contributed by atoms with Gasteiger partial charge in [-0.15, -0.1) is 11.8 Å². The molecule has 2 heterocycles. The number of β-lactam (4-membered cyclic amide) rings is 1. The molecule has 0 spiro atoms. The van der Waals surface area contributed by atoms with Crippen molar-refractivity contribution in [3.63, 3.8) is 0 Å². The number of carbonyl (C=O) groups is 3. The minimum Gasteiger partial charge on any atom is -0.497 e. The zero-order valence-electron chi connectivity index (χ0n) is 20.7. The van der Waals surface area contributed by atoms with Crippen LogP contribution in [0.5, 0.6) is 5.75 Å². The van der Waals surface area contributed by atoms with E-state index < -0.39 is 12.0 Å². The summed E-state index contributed by atoms with van der Waals surface area (Å²) in [5, 5.41) is 2.54. The quantitative estimate of drug-likeness (QED) is 0.366. The lowest BCUT2D eigenvalue weighted by atomic mass is 9.73. The van der Waals surface area contributed by atoms with Gasteiger partial charge in [0.1, 0.15) is 29.5 Å². The SMILES string of the molecule is COc1ccc(COC(=O)C2=C3C[C@H](c4ccccc4)[C@@H]3S[C@@H]3[C@H](NC(=O)c4ccccc4)C(=O)N23)cc1. The Morgan fingerprint density at radius 2 is 1.66 bits per heavy atom. The summed E-state index contributed by atoms with van der Waals surface area (Å²) in [6.07, 6.45) is 0.687. The van der Waals surface area contributed by atoms with Crippen molar-refractivity contribution in [3.8, 4) is 5.75 Å². The Hall–Kier alpha value is -4.04. The number of carbonyl (C=O) groups excluding carboxylic acids is 3. The van der Waals surface area contributed by atoms with E-state index in [1.807, 2.05) is 48.5 Å². The Morgan fingerprint density at radius 3 is 2.34 bits per heavy atom. The van der Waals surface area contributed by atoms with Gasteiger partial charge in [-0.1, -0.05) is 60.7 Å². The van der Waals surface area contributed by atoms with E-state index in [0.717, 1.165) is 16.9 Å². The molecule has 1 N–H and O–H groups in total. The number of thioether (sulfide) groups is 1. The third kappa shape index (κ3) is 4.24. The van der Waals surface area contributed by atoms with Crippen molar-refractivity contribution in [1.29, 1.82) is 0 Å². The highest BCUT2D eigenvalue weighted by Gasteiger charge is 2.60. The minimum absolute atomic E-state index is 0.0337. The van der Waals surface area contributed by atoms with Crippen molar-refractivity contribution in [2.45, 2.75) is 35.6 Å². The van der Waals surface area contributed by atoms with E-state index >= 15 is 0 Å². The summed E-state index contributed by atoms with van der Waals surface area (Å²) in [7, 11) is 1.60. The topological polar surface area (TPSA) is 84.9 Å². The lowest BCUT2D eigenvalue weighted by molar-refractivity contribution is -0.152. The number of rotatable bonds is 7. The van der Waals surface area contributed by atoms with Crippen LogP contribution in [-0.4, -0.2) is 46.5 Å². The number of ether oxygens (including phenoxy) is 2. The molecule has 1 saturated carbocycles. The highest BCUT2D eigenvalue weighted by atomic mass is 32.2. The van der Waals surface area contributed by atoms with Crippen molar-refractivity contribution in [3.05, 3.63) is 113 Å². The molecule has 3 aromatic carbocycles. The molecule has 8 heteroatoms. The number of amides is 2. The molecule has 2 amide bonds. The minimum atomic E-state index is -0.712. The van der Waals surface area contributed by atoms with Crippen LogP contribution in [0.1, 0.15) is 33.8 Å². The lowest BCUT2D eigenvalue weighted by Crippen LogP contribution is -2.72. The summed E-state index contributed by atoms with van der Waals surface area (Å²) in [6, 6.07) is 25.6. The average molecular weight is 527 g/mol. The van der Waals surface area contributed by atoms with Gasteiger partial charge in [0, 0.05) is 16.7 Å². The summed E-state index contributed by atoms with van der Waals surface area (Å²) in [5.74, 6) is -0.174. The largest absolute Gasteiger partial charge is 0.497 e. The first kappa shape index (κ1) is 24.3. The van der Waals surface area contributed by atoms with Crippen LogP contribution in [0.4, 0.5) is 0 Å². The number of methoxy groups -OCH3 is 1. The second kappa shape index (κ2) is 10.0. The van der Waals surface area contributed by atoms with Crippen LogP contribution in [0.15, 0.2) is 96.2 Å². The molecular formula is C30H26N2O5S. The smallest absolute Gasteiger partial charge is 0.355 e. The summed E-state index contributed by atoms with van der Waals surface area (Å²) in [5.41, 5.74) is 3.77. The Labute approximate surface area is 224 Å². The Balaban J connectivity index is 1.24. The van der Waals surface area contributed by atoms with Gasteiger partial charge in [-0.25, -0.2) is 4.79 Å². The third-order valence-corrected chi connectivity index (χ3v) is 8.96. The van der Waals surface area contributed by atoms with Crippen molar-refractivity contribution < 1.29 is 23.9 Å². The molecule has 3 aliphatic rings. The van der Waals surface area contributed by atoms with E-state index in [2.05, 4.69) is 17.4 Å². The van der Waals surface area contributed by atoms with Gasteiger partial charge < -0.3 is 14.8 Å². The highest BCUT2D eigenvalue weighted by Crippen LogP contribution is 2.57. The number of nitrogens with zero attached hydrogens (tertiary/aromatic N) is 1. The van der Waals surface area contributed by atoms with E-state index in [-0.39, 0.29) is 35.0 Å². The van der Waals surface area contributed by atoms with Crippen molar-refractivity contribution in [2.24, 2.45) is 0 Å². The van der Waals surface area contributed by atoms with Crippen LogP contribution in [0, 0.1) is 0 Å². The van der Waals surface area contributed by atoms with Gasteiger partial charge in [-0.2, -0.15) is 0 Å². The number of benzene rings is 3. The second-order valence-corrected chi connectivity index (χ2v) is 10.8. The van der Waals surface area contributed by atoms with Gasteiger partial charge in [0.15, 0.2) is 0 Å². The molecule has 38 heavy (non-hydrogen) atoms. The zero-order valence-corrected chi connectivity index (χ0v) is 21.5. The van der Waals surface area contributed by atoms with Crippen LogP contribution in [0.3, 0.4) is 0 Å². The average Bonchev–Trinajstić information content (AvgIpc) is 2.96. The zero-order chi connectivity index (χ0) is 26.2. The Bertz CT molecular complexity index is 1410. The second-order valence-electron chi connectivity index (χ2n) is 9.49. The first-order chi connectivity index (χ1) is 18.5. The summed E-state index contributed by atoms with van der Waals surface area (Å²) in [4.78, 5) is 41.1. The molecule has 1 saturated heterocycles. The lowest BCUT2D eigenvalue weighted by Gasteiger charge is -2.56. The van der Waals surface area contributed by atoms with E-state index in [9.17, 15) is 14.4 Å². The van der Waals surface area contributed by atoms with Gasteiger partial charge >= 0.3 is 5.97 Å². The molecule has 2 fully saturated rings. The number of esters is 1. The van der Waals surface area contributed by atoms with Crippen molar-refractivity contribution in [1.82, 2.24) is 10.2 Å². The predicted octanol–water partition coefficient (Wildman–Crippen LogP) is 4.26. The molecule has 0 bridgehead atoms. The molecule has 0 radical (unpaired) electrons. The molecule has 1 aliphatic carbocycles. The summed E-state index contributed by atoms with van der Waals surface area (Å²) in [6.45, 7) is 0.0837. The van der Waals surface area contributed by atoms with Gasteiger partial charge in [0.2, 0.25) is 0 Å².